The lowest BCUT2D eigenvalue weighted by molar-refractivity contribution is 0.0927. The van der Waals surface area contributed by atoms with Crippen molar-refractivity contribution in [2.75, 3.05) is 13.7 Å². The zero-order chi connectivity index (χ0) is 15.9. The van der Waals surface area contributed by atoms with Gasteiger partial charge in [0.05, 0.1) is 7.11 Å². The van der Waals surface area contributed by atoms with Crippen molar-refractivity contribution < 1.29 is 9.53 Å². The van der Waals surface area contributed by atoms with Crippen LogP contribution in [0.15, 0.2) is 54.6 Å². The van der Waals surface area contributed by atoms with Gasteiger partial charge < -0.3 is 10.1 Å². The molecule has 116 valence electrons. The third-order valence-electron chi connectivity index (χ3n) is 3.83. The van der Waals surface area contributed by atoms with Crippen molar-refractivity contribution in [3.8, 4) is 5.75 Å². The van der Waals surface area contributed by atoms with Gasteiger partial charge in [-0.25, -0.2) is 0 Å². The van der Waals surface area contributed by atoms with Crippen LogP contribution >= 0.6 is 0 Å². The Hall–Kier alpha value is -2.13. The van der Waals surface area contributed by atoms with Crippen molar-refractivity contribution >= 4 is 5.78 Å². The van der Waals surface area contributed by atoms with Crippen LogP contribution < -0.4 is 10.1 Å². The third kappa shape index (κ3) is 4.18. The summed E-state index contributed by atoms with van der Waals surface area (Å²) in [5, 5.41) is 3.43. The van der Waals surface area contributed by atoms with E-state index in [1.54, 1.807) is 13.2 Å². The van der Waals surface area contributed by atoms with E-state index in [0.29, 0.717) is 17.9 Å². The zero-order valence-corrected chi connectivity index (χ0v) is 13.4. The summed E-state index contributed by atoms with van der Waals surface area (Å²) in [6.07, 6.45) is 0. The van der Waals surface area contributed by atoms with E-state index in [1.165, 1.54) is 5.56 Å². The number of methoxy groups -OCH3 is 1. The highest BCUT2D eigenvalue weighted by molar-refractivity contribution is 5.98. The highest BCUT2D eigenvalue weighted by atomic mass is 16.5. The van der Waals surface area contributed by atoms with Gasteiger partial charge in [-0.1, -0.05) is 49.4 Å². The molecule has 0 saturated carbocycles. The molecule has 0 aliphatic rings. The quantitative estimate of drug-likeness (QED) is 0.789. The molecule has 0 fully saturated rings. The molecular weight excluding hydrogens is 274 g/mol. The van der Waals surface area contributed by atoms with E-state index >= 15 is 0 Å². The Morgan fingerprint density at radius 2 is 1.82 bits per heavy atom. The monoisotopic (exact) mass is 297 g/mol. The molecule has 0 heterocycles. The van der Waals surface area contributed by atoms with Crippen LogP contribution in [-0.4, -0.2) is 19.4 Å². The van der Waals surface area contributed by atoms with Crippen LogP contribution in [0.2, 0.25) is 0 Å². The number of benzene rings is 2. The molecule has 0 saturated heterocycles. The van der Waals surface area contributed by atoms with E-state index in [2.05, 4.69) is 24.4 Å². The molecule has 0 aromatic heterocycles. The molecule has 2 unspecified atom stereocenters. The maximum atomic E-state index is 12.5. The standard InChI is InChI=1S/C19H23NO2/c1-14(13-20-15(2)16-8-5-4-6-9-16)19(21)17-10-7-11-18(12-17)22-3/h4-12,14-15,20H,13H2,1-3H3. The number of Topliss-reactive ketones (excluding diaryl/α,β-unsaturated/α-hetero) is 1. The van der Waals surface area contributed by atoms with Crippen LogP contribution in [0.1, 0.15) is 35.8 Å². The summed E-state index contributed by atoms with van der Waals surface area (Å²) in [4.78, 5) is 12.5. The molecule has 0 spiro atoms. The zero-order valence-electron chi connectivity index (χ0n) is 13.4. The molecule has 1 N–H and O–H groups in total. The minimum atomic E-state index is -0.0849. The van der Waals surface area contributed by atoms with E-state index in [0.717, 1.165) is 0 Å². The molecule has 2 aromatic carbocycles. The number of carbonyl (C=O) groups is 1. The van der Waals surface area contributed by atoms with Crippen molar-refractivity contribution in [1.29, 1.82) is 0 Å². The molecule has 2 rings (SSSR count). The predicted molar refractivity (Wildman–Crippen MR) is 89.3 cm³/mol. The van der Waals surface area contributed by atoms with Gasteiger partial charge in [0.25, 0.3) is 0 Å². The highest BCUT2D eigenvalue weighted by Crippen LogP contribution is 2.17. The third-order valence-corrected chi connectivity index (χ3v) is 3.83. The normalized spacial score (nSPS) is 13.4. The summed E-state index contributed by atoms with van der Waals surface area (Å²) in [5.74, 6) is 0.758. The number of hydrogen-bond acceptors (Lipinski definition) is 3. The molecule has 0 aliphatic heterocycles. The fourth-order valence-electron chi connectivity index (χ4n) is 2.37. The van der Waals surface area contributed by atoms with E-state index in [-0.39, 0.29) is 17.7 Å². The summed E-state index contributed by atoms with van der Waals surface area (Å²) < 4.78 is 5.17. The molecule has 22 heavy (non-hydrogen) atoms. The molecule has 0 radical (unpaired) electrons. The fourth-order valence-corrected chi connectivity index (χ4v) is 2.37. The lowest BCUT2D eigenvalue weighted by atomic mass is 9.98. The first kappa shape index (κ1) is 16.2. The summed E-state index contributed by atoms with van der Waals surface area (Å²) in [5.41, 5.74) is 1.92. The lowest BCUT2D eigenvalue weighted by Crippen LogP contribution is -2.28. The summed E-state index contributed by atoms with van der Waals surface area (Å²) in [6.45, 7) is 4.71. The van der Waals surface area contributed by atoms with Gasteiger partial charge in [-0.05, 0) is 24.6 Å². The smallest absolute Gasteiger partial charge is 0.167 e. The van der Waals surface area contributed by atoms with Gasteiger partial charge in [0.2, 0.25) is 0 Å². The minimum Gasteiger partial charge on any atom is -0.497 e. The van der Waals surface area contributed by atoms with Gasteiger partial charge in [0.15, 0.2) is 5.78 Å². The van der Waals surface area contributed by atoms with E-state index < -0.39 is 0 Å². The second-order valence-corrected chi connectivity index (χ2v) is 5.54. The number of ether oxygens (including phenoxy) is 1. The van der Waals surface area contributed by atoms with Gasteiger partial charge in [-0.2, -0.15) is 0 Å². The molecule has 2 atom stereocenters. The molecule has 0 amide bonds. The Morgan fingerprint density at radius 1 is 1.09 bits per heavy atom. The Morgan fingerprint density at radius 3 is 2.50 bits per heavy atom. The van der Waals surface area contributed by atoms with Crippen LogP contribution in [-0.2, 0) is 0 Å². The molecule has 2 aromatic rings. The first-order valence-electron chi connectivity index (χ1n) is 7.58. The maximum absolute atomic E-state index is 12.5. The topological polar surface area (TPSA) is 38.3 Å². The summed E-state index contributed by atoms with van der Waals surface area (Å²) >= 11 is 0. The second-order valence-electron chi connectivity index (χ2n) is 5.54. The van der Waals surface area contributed by atoms with Gasteiger partial charge in [0, 0.05) is 24.1 Å². The maximum Gasteiger partial charge on any atom is 0.167 e. The predicted octanol–water partition coefficient (Wildman–Crippen LogP) is 3.86. The summed E-state index contributed by atoms with van der Waals surface area (Å²) in [7, 11) is 1.61. The molecule has 0 bridgehead atoms. The highest BCUT2D eigenvalue weighted by Gasteiger charge is 2.16. The summed E-state index contributed by atoms with van der Waals surface area (Å²) in [6, 6.07) is 17.8. The lowest BCUT2D eigenvalue weighted by Gasteiger charge is -2.17. The van der Waals surface area contributed by atoms with Gasteiger partial charge in [-0.15, -0.1) is 0 Å². The average molecular weight is 297 g/mol. The van der Waals surface area contributed by atoms with Crippen LogP contribution in [0.25, 0.3) is 0 Å². The van der Waals surface area contributed by atoms with Crippen molar-refractivity contribution in [2.45, 2.75) is 19.9 Å². The Kier molecular flexibility index (Phi) is 5.73. The van der Waals surface area contributed by atoms with E-state index in [9.17, 15) is 4.79 Å². The first-order chi connectivity index (χ1) is 10.6. The van der Waals surface area contributed by atoms with Crippen LogP contribution in [0.4, 0.5) is 0 Å². The number of nitrogens with one attached hydrogen (secondary N) is 1. The Labute approximate surface area is 132 Å². The van der Waals surface area contributed by atoms with Crippen molar-refractivity contribution in [3.63, 3.8) is 0 Å². The van der Waals surface area contributed by atoms with Crippen LogP contribution in [0.5, 0.6) is 5.75 Å². The molecule has 0 aliphatic carbocycles. The molecular formula is C19H23NO2. The number of carbonyl (C=O) groups excluding carboxylic acids is 1. The minimum absolute atomic E-state index is 0.0849. The van der Waals surface area contributed by atoms with Crippen LogP contribution in [0, 0.1) is 5.92 Å². The Bertz CT molecular complexity index is 610. The van der Waals surface area contributed by atoms with E-state index in [1.807, 2.05) is 43.3 Å². The first-order valence-corrected chi connectivity index (χ1v) is 7.58. The fraction of sp³-hybridized carbons (Fsp3) is 0.316. The van der Waals surface area contributed by atoms with Crippen molar-refractivity contribution in [3.05, 3.63) is 65.7 Å². The molecule has 3 nitrogen and oxygen atoms in total. The van der Waals surface area contributed by atoms with Crippen molar-refractivity contribution in [2.24, 2.45) is 5.92 Å². The SMILES string of the molecule is COc1cccc(C(=O)C(C)CNC(C)c2ccccc2)c1. The average Bonchev–Trinajstić information content (AvgIpc) is 2.59. The number of hydrogen-bond donors (Lipinski definition) is 1. The van der Waals surface area contributed by atoms with Gasteiger partial charge in [0.1, 0.15) is 5.75 Å². The van der Waals surface area contributed by atoms with Gasteiger partial charge in [-0.3, -0.25) is 4.79 Å². The Balaban J connectivity index is 1.94. The largest absolute Gasteiger partial charge is 0.497 e. The van der Waals surface area contributed by atoms with Crippen molar-refractivity contribution in [1.82, 2.24) is 5.32 Å². The number of ketones is 1. The van der Waals surface area contributed by atoms with Crippen LogP contribution in [0.3, 0.4) is 0 Å². The second kappa shape index (κ2) is 7.76. The van der Waals surface area contributed by atoms with E-state index in [4.69, 9.17) is 4.74 Å². The molecule has 3 heteroatoms. The number of rotatable bonds is 7. The van der Waals surface area contributed by atoms with Gasteiger partial charge >= 0.3 is 0 Å².